The van der Waals surface area contributed by atoms with Gasteiger partial charge in [0.15, 0.2) is 11.5 Å². The van der Waals surface area contributed by atoms with Crippen LogP contribution in [-0.2, 0) is 13.2 Å². The van der Waals surface area contributed by atoms with Gasteiger partial charge in [-0.1, -0.05) is 45.2 Å². The number of nitrogens with one attached hydrogen (secondary N) is 1. The van der Waals surface area contributed by atoms with Crippen LogP contribution in [0.4, 0.5) is 15.8 Å². The van der Waals surface area contributed by atoms with Crippen LogP contribution in [0.25, 0.3) is 0 Å². The van der Waals surface area contributed by atoms with Crippen molar-refractivity contribution in [3.8, 4) is 11.5 Å². The average molecular weight is 568 g/mol. The van der Waals surface area contributed by atoms with Crippen LogP contribution in [0.15, 0.2) is 53.0 Å². The Morgan fingerprint density at radius 2 is 1.79 bits per heavy atom. The van der Waals surface area contributed by atoms with Crippen molar-refractivity contribution in [2.45, 2.75) is 32.4 Å². The van der Waals surface area contributed by atoms with Crippen molar-refractivity contribution in [3.63, 3.8) is 0 Å². The molecule has 0 saturated carbocycles. The van der Waals surface area contributed by atoms with Gasteiger partial charge in [-0.15, -0.1) is 0 Å². The molecule has 8 heteroatoms. The predicted octanol–water partition coefficient (Wildman–Crippen LogP) is 8.09. The van der Waals surface area contributed by atoms with Gasteiger partial charge in [0.2, 0.25) is 0 Å². The SMILES string of the molecule is COc1ccc(Br)c(CNc2ccc(N3CCCCC3)c(Cl)c2)c1OCc1ccc(F)cc1Cl. The molecule has 0 bridgehead atoms. The third-order valence-electron chi connectivity index (χ3n) is 5.89. The Morgan fingerprint density at radius 1 is 1.00 bits per heavy atom. The summed E-state index contributed by atoms with van der Waals surface area (Å²) in [5.74, 6) is 0.793. The number of hydrogen-bond donors (Lipinski definition) is 1. The number of nitrogens with zero attached hydrogens (tertiary/aromatic N) is 1. The van der Waals surface area contributed by atoms with Crippen LogP contribution in [0.3, 0.4) is 0 Å². The first-order valence-electron chi connectivity index (χ1n) is 11.2. The molecule has 1 fully saturated rings. The fourth-order valence-corrected chi connectivity index (χ4v) is 5.03. The van der Waals surface area contributed by atoms with Crippen LogP contribution < -0.4 is 19.7 Å². The van der Waals surface area contributed by atoms with E-state index in [9.17, 15) is 4.39 Å². The lowest BCUT2D eigenvalue weighted by Gasteiger charge is -2.29. The van der Waals surface area contributed by atoms with Crippen LogP contribution in [0.5, 0.6) is 11.5 Å². The van der Waals surface area contributed by atoms with E-state index in [-0.39, 0.29) is 12.4 Å². The Labute approximate surface area is 218 Å². The molecule has 3 aromatic carbocycles. The summed E-state index contributed by atoms with van der Waals surface area (Å²) >= 11 is 16.4. The molecular weight excluding hydrogens is 542 g/mol. The molecule has 1 aliphatic heterocycles. The zero-order valence-electron chi connectivity index (χ0n) is 18.8. The fraction of sp³-hybridized carbons (Fsp3) is 0.308. The summed E-state index contributed by atoms with van der Waals surface area (Å²) in [7, 11) is 1.59. The molecule has 0 unspecified atom stereocenters. The number of hydrogen-bond acceptors (Lipinski definition) is 4. The normalized spacial score (nSPS) is 13.6. The van der Waals surface area contributed by atoms with Crippen molar-refractivity contribution in [2.24, 2.45) is 0 Å². The quantitative estimate of drug-likeness (QED) is 0.298. The predicted molar refractivity (Wildman–Crippen MR) is 141 cm³/mol. The summed E-state index contributed by atoms with van der Waals surface area (Å²) in [6.07, 6.45) is 3.68. The van der Waals surface area contributed by atoms with E-state index in [4.69, 9.17) is 32.7 Å². The average Bonchev–Trinajstić information content (AvgIpc) is 2.83. The van der Waals surface area contributed by atoms with Crippen molar-refractivity contribution < 1.29 is 13.9 Å². The van der Waals surface area contributed by atoms with Gasteiger partial charge >= 0.3 is 0 Å². The van der Waals surface area contributed by atoms with Gasteiger partial charge in [0.05, 0.1) is 22.8 Å². The van der Waals surface area contributed by atoms with Crippen LogP contribution in [-0.4, -0.2) is 20.2 Å². The minimum atomic E-state index is -0.386. The van der Waals surface area contributed by atoms with E-state index in [1.807, 2.05) is 24.3 Å². The topological polar surface area (TPSA) is 33.7 Å². The lowest BCUT2D eigenvalue weighted by Crippen LogP contribution is -2.29. The lowest BCUT2D eigenvalue weighted by atomic mass is 10.1. The van der Waals surface area contributed by atoms with Gasteiger partial charge in [-0.3, -0.25) is 0 Å². The third kappa shape index (κ3) is 5.91. The van der Waals surface area contributed by atoms with Gasteiger partial charge in [-0.25, -0.2) is 4.39 Å². The second-order valence-electron chi connectivity index (χ2n) is 8.15. The maximum absolute atomic E-state index is 13.4. The van der Waals surface area contributed by atoms with Crippen LogP contribution in [0.2, 0.25) is 10.0 Å². The summed E-state index contributed by atoms with van der Waals surface area (Å²) in [6, 6.07) is 14.1. The third-order valence-corrected chi connectivity index (χ3v) is 7.29. The number of benzene rings is 3. The Hall–Kier alpha value is -2.15. The number of rotatable bonds is 8. The molecule has 1 heterocycles. The molecule has 1 aliphatic rings. The highest BCUT2D eigenvalue weighted by Crippen LogP contribution is 2.38. The fourth-order valence-electron chi connectivity index (χ4n) is 4.05. The van der Waals surface area contributed by atoms with E-state index >= 15 is 0 Å². The molecule has 3 aromatic rings. The van der Waals surface area contributed by atoms with Gasteiger partial charge in [0.25, 0.3) is 0 Å². The van der Waals surface area contributed by atoms with Crippen LogP contribution in [0, 0.1) is 5.82 Å². The summed E-state index contributed by atoms with van der Waals surface area (Å²) in [6.45, 7) is 2.74. The van der Waals surface area contributed by atoms with E-state index < -0.39 is 0 Å². The molecule has 0 aromatic heterocycles. The first kappa shape index (κ1) is 25.0. The molecular formula is C26H26BrCl2FN2O2. The monoisotopic (exact) mass is 566 g/mol. The molecule has 180 valence electrons. The van der Waals surface area contributed by atoms with E-state index in [2.05, 4.69) is 32.2 Å². The first-order valence-corrected chi connectivity index (χ1v) is 12.7. The molecule has 34 heavy (non-hydrogen) atoms. The summed E-state index contributed by atoms with van der Waals surface area (Å²) < 4.78 is 25.9. The van der Waals surface area contributed by atoms with Crippen LogP contribution in [0.1, 0.15) is 30.4 Å². The molecule has 4 rings (SSSR count). The number of halogens is 4. The van der Waals surface area contributed by atoms with Gasteiger partial charge in [0.1, 0.15) is 12.4 Å². The smallest absolute Gasteiger partial charge is 0.167 e. The molecule has 1 saturated heterocycles. The van der Waals surface area contributed by atoms with Crippen molar-refractivity contribution in [1.82, 2.24) is 0 Å². The zero-order chi connectivity index (χ0) is 24.1. The summed E-state index contributed by atoms with van der Waals surface area (Å²) in [4.78, 5) is 2.35. The minimum absolute atomic E-state index is 0.176. The van der Waals surface area contributed by atoms with E-state index in [0.717, 1.165) is 39.5 Å². The maximum atomic E-state index is 13.4. The highest BCUT2D eigenvalue weighted by molar-refractivity contribution is 9.10. The highest BCUT2D eigenvalue weighted by atomic mass is 79.9. The summed E-state index contributed by atoms with van der Waals surface area (Å²) in [5, 5.41) is 4.49. The molecule has 1 N–H and O–H groups in total. The van der Waals surface area contributed by atoms with Gasteiger partial charge in [0, 0.05) is 40.9 Å². The molecule has 0 amide bonds. The molecule has 0 atom stereocenters. The van der Waals surface area contributed by atoms with Gasteiger partial charge in [-0.2, -0.15) is 0 Å². The summed E-state index contributed by atoms with van der Waals surface area (Å²) in [5.41, 5.74) is 3.56. The minimum Gasteiger partial charge on any atom is -0.493 e. The van der Waals surface area contributed by atoms with Crippen LogP contribution >= 0.6 is 39.1 Å². The first-order chi connectivity index (χ1) is 16.5. The Balaban J connectivity index is 1.51. The number of ether oxygens (including phenoxy) is 2. The van der Waals surface area contributed by atoms with Crippen molar-refractivity contribution in [2.75, 3.05) is 30.4 Å². The molecule has 0 radical (unpaired) electrons. The van der Waals surface area contributed by atoms with Crippen molar-refractivity contribution >= 4 is 50.5 Å². The number of piperidine rings is 1. The lowest BCUT2D eigenvalue weighted by molar-refractivity contribution is 0.281. The largest absolute Gasteiger partial charge is 0.493 e. The molecule has 4 nitrogen and oxygen atoms in total. The number of anilines is 2. The Morgan fingerprint density at radius 3 is 2.50 bits per heavy atom. The van der Waals surface area contributed by atoms with Gasteiger partial charge < -0.3 is 19.7 Å². The highest BCUT2D eigenvalue weighted by Gasteiger charge is 2.17. The molecule has 0 aliphatic carbocycles. The molecule has 0 spiro atoms. The maximum Gasteiger partial charge on any atom is 0.167 e. The second kappa shape index (κ2) is 11.5. The van der Waals surface area contributed by atoms with Gasteiger partial charge in [-0.05, 0) is 61.7 Å². The standard InChI is InChI=1S/C26H26BrCl2FN2O2/c1-33-25-10-8-21(27)20(26(25)34-16-17-5-6-18(30)13-22(17)28)15-31-19-7-9-24(23(29)14-19)32-11-3-2-4-12-32/h5-10,13-14,31H,2-4,11-12,15-16H2,1H3. The van der Waals surface area contributed by atoms with E-state index in [1.165, 1.54) is 31.4 Å². The van der Waals surface area contributed by atoms with E-state index in [0.29, 0.717) is 28.6 Å². The van der Waals surface area contributed by atoms with Crippen molar-refractivity contribution in [3.05, 3.63) is 80.0 Å². The van der Waals surface area contributed by atoms with E-state index in [1.54, 1.807) is 13.2 Å². The second-order valence-corrected chi connectivity index (χ2v) is 9.82. The number of methoxy groups -OCH3 is 1. The Bertz CT molecular complexity index is 1160. The zero-order valence-corrected chi connectivity index (χ0v) is 21.9. The Kier molecular flexibility index (Phi) is 8.46. The van der Waals surface area contributed by atoms with Crippen molar-refractivity contribution in [1.29, 1.82) is 0 Å².